The van der Waals surface area contributed by atoms with Crippen molar-refractivity contribution in [1.29, 1.82) is 0 Å². The summed E-state index contributed by atoms with van der Waals surface area (Å²) in [5.41, 5.74) is 1.14. The predicted molar refractivity (Wildman–Crippen MR) is 131 cm³/mol. The van der Waals surface area contributed by atoms with Gasteiger partial charge in [-0.15, -0.1) is 24.0 Å². The van der Waals surface area contributed by atoms with E-state index in [9.17, 15) is 0 Å². The van der Waals surface area contributed by atoms with Crippen molar-refractivity contribution in [1.82, 2.24) is 20.5 Å². The zero-order valence-electron chi connectivity index (χ0n) is 18.1. The number of rotatable bonds is 9. The van der Waals surface area contributed by atoms with Gasteiger partial charge in [0.15, 0.2) is 5.96 Å². The zero-order chi connectivity index (χ0) is 19.5. The van der Waals surface area contributed by atoms with Gasteiger partial charge in [0.1, 0.15) is 5.82 Å². The summed E-state index contributed by atoms with van der Waals surface area (Å²) in [5, 5.41) is 7.00. The lowest BCUT2D eigenvalue weighted by molar-refractivity contribution is 0.206. The van der Waals surface area contributed by atoms with Crippen molar-refractivity contribution in [3.8, 4) is 0 Å². The Balaban J connectivity index is 0.00000392. The summed E-state index contributed by atoms with van der Waals surface area (Å²) in [6.07, 6.45) is 5.56. The summed E-state index contributed by atoms with van der Waals surface area (Å²) < 4.78 is 0. The number of hydrogen-bond acceptors (Lipinski definition) is 4. The number of anilines is 1. The van der Waals surface area contributed by atoms with E-state index in [2.05, 4.69) is 65.2 Å². The van der Waals surface area contributed by atoms with Gasteiger partial charge in [-0.1, -0.05) is 13.0 Å². The molecule has 0 spiro atoms. The van der Waals surface area contributed by atoms with Gasteiger partial charge in [0.25, 0.3) is 0 Å². The van der Waals surface area contributed by atoms with E-state index in [1.165, 1.54) is 38.9 Å². The molecule has 1 aromatic rings. The highest BCUT2D eigenvalue weighted by atomic mass is 127. The van der Waals surface area contributed by atoms with Crippen LogP contribution in [0.4, 0.5) is 5.82 Å². The van der Waals surface area contributed by atoms with Crippen LogP contribution in [0, 0.1) is 0 Å². The second-order valence-corrected chi connectivity index (χ2v) is 7.15. The molecule has 0 amide bonds. The molecule has 7 heteroatoms. The first kappa shape index (κ1) is 24.9. The first-order chi connectivity index (χ1) is 13.2. The maximum absolute atomic E-state index is 4.78. The second-order valence-electron chi connectivity index (χ2n) is 7.15. The number of guanidine groups is 1. The van der Waals surface area contributed by atoms with Gasteiger partial charge in [-0.05, 0) is 58.2 Å². The van der Waals surface area contributed by atoms with Crippen LogP contribution in [0.3, 0.4) is 0 Å². The zero-order valence-corrected chi connectivity index (χ0v) is 20.4. The predicted octanol–water partition coefficient (Wildman–Crippen LogP) is 3.48. The average Bonchev–Trinajstić information content (AvgIpc) is 2.70. The first-order valence-corrected chi connectivity index (χ1v) is 10.7. The Bertz CT molecular complexity index is 551. The topological polar surface area (TPSA) is 55.8 Å². The number of likely N-dealkylation sites (tertiary alicyclic amines) is 1. The summed E-state index contributed by atoms with van der Waals surface area (Å²) in [6, 6.07) is 4.75. The minimum absolute atomic E-state index is 0. The van der Waals surface area contributed by atoms with Gasteiger partial charge in [0, 0.05) is 45.0 Å². The Morgan fingerprint density at radius 1 is 1.18 bits per heavy atom. The van der Waals surface area contributed by atoms with Crippen molar-refractivity contribution in [2.45, 2.75) is 59.5 Å². The fourth-order valence-corrected chi connectivity index (χ4v) is 3.55. The van der Waals surface area contributed by atoms with E-state index < -0.39 is 0 Å². The lowest BCUT2D eigenvalue weighted by Crippen LogP contribution is -2.48. The summed E-state index contributed by atoms with van der Waals surface area (Å²) in [4.78, 5) is 14.2. The Hall–Kier alpha value is -1.09. The third-order valence-corrected chi connectivity index (χ3v) is 5.13. The summed E-state index contributed by atoms with van der Waals surface area (Å²) >= 11 is 0. The van der Waals surface area contributed by atoms with Crippen LogP contribution in [0.2, 0.25) is 0 Å². The van der Waals surface area contributed by atoms with Crippen LogP contribution < -0.4 is 15.5 Å². The molecule has 1 aromatic heterocycles. The van der Waals surface area contributed by atoms with Crippen LogP contribution in [0.1, 0.15) is 52.5 Å². The number of nitrogens with zero attached hydrogens (tertiary/aromatic N) is 4. The van der Waals surface area contributed by atoms with Crippen molar-refractivity contribution in [3.05, 3.63) is 23.9 Å². The van der Waals surface area contributed by atoms with Crippen molar-refractivity contribution < 1.29 is 0 Å². The largest absolute Gasteiger partial charge is 0.357 e. The van der Waals surface area contributed by atoms with Crippen molar-refractivity contribution in [2.75, 3.05) is 44.2 Å². The van der Waals surface area contributed by atoms with Gasteiger partial charge in [-0.25, -0.2) is 9.98 Å². The molecular weight excluding hydrogens is 463 g/mol. The summed E-state index contributed by atoms with van der Waals surface area (Å²) in [7, 11) is 0. The molecule has 0 unspecified atom stereocenters. The van der Waals surface area contributed by atoms with Gasteiger partial charge >= 0.3 is 0 Å². The van der Waals surface area contributed by atoms with Crippen LogP contribution in [0.15, 0.2) is 23.3 Å². The number of piperidine rings is 1. The molecule has 1 aliphatic rings. The van der Waals surface area contributed by atoms with Gasteiger partial charge in [0.2, 0.25) is 0 Å². The second kappa shape index (κ2) is 14.0. The Kier molecular flexibility index (Phi) is 12.5. The minimum Gasteiger partial charge on any atom is -0.357 e. The first-order valence-electron chi connectivity index (χ1n) is 10.7. The maximum atomic E-state index is 4.78. The molecule has 2 heterocycles. The molecule has 1 aliphatic heterocycles. The number of hydrogen-bond donors (Lipinski definition) is 2. The van der Waals surface area contributed by atoms with E-state index in [0.717, 1.165) is 37.0 Å². The Morgan fingerprint density at radius 2 is 1.89 bits per heavy atom. The molecular formula is C21H39IN6. The molecule has 2 rings (SSSR count). The van der Waals surface area contributed by atoms with Gasteiger partial charge in [-0.2, -0.15) is 0 Å². The van der Waals surface area contributed by atoms with E-state index in [0.29, 0.717) is 12.6 Å². The fourth-order valence-electron chi connectivity index (χ4n) is 3.55. The number of pyridine rings is 1. The molecule has 0 atom stereocenters. The van der Waals surface area contributed by atoms with Gasteiger partial charge in [-0.3, -0.25) is 0 Å². The molecule has 28 heavy (non-hydrogen) atoms. The van der Waals surface area contributed by atoms with E-state index in [1.54, 1.807) is 0 Å². The van der Waals surface area contributed by atoms with Crippen LogP contribution in [0.25, 0.3) is 0 Å². The molecule has 1 saturated heterocycles. The van der Waals surface area contributed by atoms with Crippen LogP contribution in [-0.2, 0) is 6.54 Å². The molecule has 0 bridgehead atoms. The summed E-state index contributed by atoms with van der Waals surface area (Å²) in [5.74, 6) is 1.95. The molecule has 2 N–H and O–H groups in total. The monoisotopic (exact) mass is 502 g/mol. The van der Waals surface area contributed by atoms with E-state index in [1.807, 2.05) is 6.20 Å². The molecule has 0 aliphatic carbocycles. The highest BCUT2D eigenvalue weighted by Crippen LogP contribution is 2.12. The quantitative estimate of drug-likeness (QED) is 0.308. The third-order valence-electron chi connectivity index (χ3n) is 5.13. The smallest absolute Gasteiger partial charge is 0.191 e. The number of aromatic nitrogens is 1. The SMILES string of the molecule is CCCN1CCC(NC(=NCc2ccc(N(CC)CC)nc2)NCC)CC1.I. The van der Waals surface area contributed by atoms with Crippen molar-refractivity contribution in [3.63, 3.8) is 0 Å². The van der Waals surface area contributed by atoms with Gasteiger partial charge < -0.3 is 20.4 Å². The molecule has 1 fully saturated rings. The third kappa shape index (κ3) is 8.11. The van der Waals surface area contributed by atoms with E-state index in [4.69, 9.17) is 4.99 Å². The highest BCUT2D eigenvalue weighted by Gasteiger charge is 2.19. The molecule has 6 nitrogen and oxygen atoms in total. The van der Waals surface area contributed by atoms with Crippen LogP contribution in [-0.4, -0.2) is 61.2 Å². The Morgan fingerprint density at radius 3 is 2.43 bits per heavy atom. The Labute approximate surface area is 188 Å². The van der Waals surface area contributed by atoms with Crippen LogP contribution >= 0.6 is 24.0 Å². The van der Waals surface area contributed by atoms with E-state index >= 15 is 0 Å². The van der Waals surface area contributed by atoms with E-state index in [-0.39, 0.29) is 24.0 Å². The average molecular weight is 502 g/mol. The molecule has 0 aromatic carbocycles. The standard InChI is InChI=1S/C21H38N6.HI/c1-5-13-26-14-11-19(12-15-26)25-21(22-6-2)24-17-18-9-10-20(23-16-18)27(7-3)8-4;/h9-10,16,19H,5-8,11-15,17H2,1-4H3,(H2,22,24,25);1H. The highest BCUT2D eigenvalue weighted by molar-refractivity contribution is 14.0. The number of aliphatic imine (C=N–C) groups is 1. The fraction of sp³-hybridized carbons (Fsp3) is 0.714. The normalized spacial score (nSPS) is 15.8. The molecule has 160 valence electrons. The lowest BCUT2D eigenvalue weighted by atomic mass is 10.1. The molecule has 0 saturated carbocycles. The maximum Gasteiger partial charge on any atom is 0.191 e. The van der Waals surface area contributed by atoms with Gasteiger partial charge in [0.05, 0.1) is 6.54 Å². The number of halogens is 1. The van der Waals surface area contributed by atoms with Crippen molar-refractivity contribution >= 4 is 35.8 Å². The van der Waals surface area contributed by atoms with Crippen molar-refractivity contribution in [2.24, 2.45) is 4.99 Å². The van der Waals surface area contributed by atoms with Crippen LogP contribution in [0.5, 0.6) is 0 Å². The number of nitrogens with one attached hydrogen (secondary N) is 2. The lowest BCUT2D eigenvalue weighted by Gasteiger charge is -2.32. The minimum atomic E-state index is 0. The summed E-state index contributed by atoms with van der Waals surface area (Å²) in [6.45, 7) is 15.7. The molecule has 0 radical (unpaired) electrons.